The van der Waals surface area contributed by atoms with Crippen molar-refractivity contribution in [2.75, 3.05) is 13.6 Å². The van der Waals surface area contributed by atoms with Crippen LogP contribution in [0.2, 0.25) is 0 Å². The molecular formula is C17H26N2. The highest BCUT2D eigenvalue weighted by Crippen LogP contribution is 2.66. The van der Waals surface area contributed by atoms with Gasteiger partial charge in [-0.1, -0.05) is 0 Å². The van der Waals surface area contributed by atoms with Crippen molar-refractivity contribution in [3.8, 4) is 0 Å². The van der Waals surface area contributed by atoms with Crippen molar-refractivity contribution in [3.05, 3.63) is 24.0 Å². The number of aromatic nitrogens is 1. The predicted octanol–water partition coefficient (Wildman–Crippen LogP) is 3.46. The average Bonchev–Trinajstić information content (AvgIpc) is 2.89. The molecule has 0 aliphatic heterocycles. The number of aromatic amines is 1. The van der Waals surface area contributed by atoms with Crippen LogP contribution in [0, 0.1) is 17.3 Å². The van der Waals surface area contributed by atoms with Crippen LogP contribution in [0.15, 0.2) is 18.5 Å². The Bertz CT molecular complexity index is 434. The Morgan fingerprint density at radius 3 is 2.68 bits per heavy atom. The van der Waals surface area contributed by atoms with Crippen LogP contribution in [-0.4, -0.2) is 18.6 Å². The maximum absolute atomic E-state index is 3.38. The molecule has 4 aliphatic carbocycles. The summed E-state index contributed by atoms with van der Waals surface area (Å²) in [6, 6.07) is 2.35. The van der Waals surface area contributed by atoms with Gasteiger partial charge in [0.1, 0.15) is 0 Å². The zero-order valence-electron chi connectivity index (χ0n) is 12.0. The van der Waals surface area contributed by atoms with E-state index in [4.69, 9.17) is 0 Å². The summed E-state index contributed by atoms with van der Waals surface area (Å²) in [4.78, 5) is 3.30. The summed E-state index contributed by atoms with van der Waals surface area (Å²) in [5.41, 5.74) is 2.79. The van der Waals surface area contributed by atoms with E-state index in [0.29, 0.717) is 10.8 Å². The summed E-state index contributed by atoms with van der Waals surface area (Å²) in [5.74, 6) is 2.01. The molecule has 0 radical (unpaired) electrons. The van der Waals surface area contributed by atoms with Gasteiger partial charge >= 0.3 is 0 Å². The van der Waals surface area contributed by atoms with Gasteiger partial charge in [0, 0.05) is 12.4 Å². The van der Waals surface area contributed by atoms with Crippen LogP contribution >= 0.6 is 0 Å². The molecule has 104 valence electrons. The molecule has 19 heavy (non-hydrogen) atoms. The third-order valence-corrected chi connectivity index (χ3v) is 6.30. The van der Waals surface area contributed by atoms with Gasteiger partial charge < -0.3 is 10.3 Å². The molecule has 2 nitrogen and oxygen atoms in total. The molecule has 4 fully saturated rings. The first-order chi connectivity index (χ1) is 9.24. The van der Waals surface area contributed by atoms with Gasteiger partial charge in [0.25, 0.3) is 0 Å². The highest BCUT2D eigenvalue weighted by atomic mass is 14.8. The second-order valence-electron chi connectivity index (χ2n) is 7.69. The minimum Gasteiger partial charge on any atom is -0.367 e. The molecule has 1 heterocycles. The topological polar surface area (TPSA) is 27.8 Å². The Labute approximate surface area is 116 Å². The Morgan fingerprint density at radius 1 is 1.26 bits per heavy atom. The lowest BCUT2D eigenvalue weighted by molar-refractivity contribution is -0.0755. The number of hydrogen-bond acceptors (Lipinski definition) is 1. The summed E-state index contributed by atoms with van der Waals surface area (Å²) < 4.78 is 0. The van der Waals surface area contributed by atoms with E-state index in [1.54, 1.807) is 5.56 Å². The van der Waals surface area contributed by atoms with Gasteiger partial charge in [-0.15, -0.1) is 0 Å². The van der Waals surface area contributed by atoms with Crippen molar-refractivity contribution in [2.24, 2.45) is 17.3 Å². The fraction of sp³-hybridized carbons (Fsp3) is 0.765. The molecule has 2 heteroatoms. The van der Waals surface area contributed by atoms with E-state index in [0.717, 1.165) is 11.8 Å². The summed E-state index contributed by atoms with van der Waals surface area (Å²) >= 11 is 0. The average molecular weight is 258 g/mol. The van der Waals surface area contributed by atoms with E-state index >= 15 is 0 Å². The van der Waals surface area contributed by atoms with Crippen molar-refractivity contribution < 1.29 is 0 Å². The van der Waals surface area contributed by atoms with Crippen LogP contribution in [0.4, 0.5) is 0 Å². The van der Waals surface area contributed by atoms with Gasteiger partial charge in [-0.05, 0) is 92.8 Å². The van der Waals surface area contributed by atoms with E-state index in [2.05, 4.69) is 35.8 Å². The van der Waals surface area contributed by atoms with Crippen LogP contribution in [0.1, 0.15) is 50.5 Å². The second kappa shape index (κ2) is 4.12. The third-order valence-electron chi connectivity index (χ3n) is 6.30. The molecule has 4 aliphatic rings. The van der Waals surface area contributed by atoms with Crippen LogP contribution in [0.3, 0.4) is 0 Å². The summed E-state index contributed by atoms with van der Waals surface area (Å²) in [6.07, 6.45) is 14.7. The second-order valence-corrected chi connectivity index (χ2v) is 7.69. The molecule has 4 saturated carbocycles. The fourth-order valence-electron chi connectivity index (χ4n) is 6.13. The van der Waals surface area contributed by atoms with Gasteiger partial charge in [0.2, 0.25) is 0 Å². The monoisotopic (exact) mass is 258 g/mol. The van der Waals surface area contributed by atoms with Gasteiger partial charge in [-0.3, -0.25) is 0 Å². The molecule has 0 saturated heterocycles. The standard InChI is InChI=1S/C17H26N2/c1-18-5-3-16-7-13-6-14(8-16)10-17(9-13,12-16)15-2-4-19-11-15/h2,4,11,13-14,18-19H,3,5-10,12H2,1H3. The van der Waals surface area contributed by atoms with Crippen LogP contribution < -0.4 is 5.32 Å². The molecule has 5 rings (SSSR count). The van der Waals surface area contributed by atoms with Gasteiger partial charge in [0.05, 0.1) is 0 Å². The minimum absolute atomic E-state index is 0.526. The summed E-state index contributed by atoms with van der Waals surface area (Å²) in [5, 5.41) is 3.38. The maximum atomic E-state index is 3.38. The zero-order chi connectivity index (χ0) is 12.9. The minimum atomic E-state index is 0.526. The van der Waals surface area contributed by atoms with E-state index in [1.165, 1.54) is 51.5 Å². The lowest BCUT2D eigenvalue weighted by atomic mass is 9.42. The van der Waals surface area contributed by atoms with Crippen molar-refractivity contribution in [3.63, 3.8) is 0 Å². The van der Waals surface area contributed by atoms with E-state index in [1.807, 2.05) is 0 Å². The Hall–Kier alpha value is -0.760. The van der Waals surface area contributed by atoms with Crippen molar-refractivity contribution in [1.29, 1.82) is 0 Å². The largest absolute Gasteiger partial charge is 0.367 e. The molecule has 2 unspecified atom stereocenters. The molecule has 0 spiro atoms. The highest BCUT2D eigenvalue weighted by molar-refractivity contribution is 5.28. The molecule has 2 N–H and O–H groups in total. The summed E-state index contributed by atoms with van der Waals surface area (Å²) in [6.45, 7) is 1.20. The van der Waals surface area contributed by atoms with Crippen LogP contribution in [-0.2, 0) is 5.41 Å². The predicted molar refractivity (Wildman–Crippen MR) is 78.1 cm³/mol. The smallest absolute Gasteiger partial charge is 0.00430 e. The maximum Gasteiger partial charge on any atom is 0.00430 e. The highest BCUT2D eigenvalue weighted by Gasteiger charge is 2.57. The lowest BCUT2D eigenvalue weighted by Crippen LogP contribution is -2.54. The molecule has 2 atom stereocenters. The van der Waals surface area contributed by atoms with Gasteiger partial charge in [-0.25, -0.2) is 0 Å². The molecule has 1 aromatic rings. The van der Waals surface area contributed by atoms with Gasteiger partial charge in [0.15, 0.2) is 0 Å². The molecule has 0 amide bonds. The van der Waals surface area contributed by atoms with E-state index in [9.17, 15) is 0 Å². The Balaban J connectivity index is 1.68. The molecular weight excluding hydrogens is 232 g/mol. The van der Waals surface area contributed by atoms with Crippen molar-refractivity contribution >= 4 is 0 Å². The first-order valence-electron chi connectivity index (χ1n) is 8.02. The number of hydrogen-bond donors (Lipinski definition) is 2. The molecule has 4 bridgehead atoms. The molecule has 0 aromatic carbocycles. The van der Waals surface area contributed by atoms with E-state index < -0.39 is 0 Å². The number of nitrogens with one attached hydrogen (secondary N) is 2. The Morgan fingerprint density at radius 2 is 2.05 bits per heavy atom. The van der Waals surface area contributed by atoms with Crippen molar-refractivity contribution in [1.82, 2.24) is 10.3 Å². The van der Waals surface area contributed by atoms with Crippen LogP contribution in [0.25, 0.3) is 0 Å². The first-order valence-corrected chi connectivity index (χ1v) is 8.02. The van der Waals surface area contributed by atoms with Crippen molar-refractivity contribution in [2.45, 2.75) is 50.4 Å². The van der Waals surface area contributed by atoms with Crippen LogP contribution in [0.5, 0.6) is 0 Å². The first kappa shape index (κ1) is 12.0. The number of rotatable bonds is 4. The summed E-state index contributed by atoms with van der Waals surface area (Å²) in [7, 11) is 2.10. The molecule has 1 aromatic heterocycles. The number of H-pyrrole nitrogens is 1. The normalized spacial score (nSPS) is 43.8. The zero-order valence-corrected chi connectivity index (χ0v) is 12.0. The Kier molecular flexibility index (Phi) is 2.60. The fourth-order valence-corrected chi connectivity index (χ4v) is 6.13. The van der Waals surface area contributed by atoms with Gasteiger partial charge in [-0.2, -0.15) is 0 Å². The third kappa shape index (κ3) is 1.79. The quantitative estimate of drug-likeness (QED) is 0.850. The SMILES string of the molecule is CNCCC12CC3CC(C1)CC(c1cc[nH]c1)(C3)C2. The lowest BCUT2D eigenvalue weighted by Gasteiger charge is -2.62. The van der Waals surface area contributed by atoms with E-state index in [-0.39, 0.29) is 0 Å².